The van der Waals surface area contributed by atoms with Crippen LogP contribution in [0.4, 0.5) is 0 Å². The van der Waals surface area contributed by atoms with E-state index in [1.807, 2.05) is 0 Å². The Kier molecular flexibility index (Phi) is 24.5. The zero-order valence-corrected chi connectivity index (χ0v) is 90.1. The van der Waals surface area contributed by atoms with E-state index in [1.54, 1.807) is 22.3 Å². The summed E-state index contributed by atoms with van der Waals surface area (Å²) >= 11 is 9.54. The number of aryl methyl sites for hydroxylation is 9. The number of hydrogen-bond acceptors (Lipinski definition) is 0. The van der Waals surface area contributed by atoms with Crippen molar-refractivity contribution < 1.29 is 13.3 Å². The van der Waals surface area contributed by atoms with Gasteiger partial charge in [-0.25, -0.2) is 0 Å². The van der Waals surface area contributed by atoms with E-state index >= 15 is 0 Å². The molecule has 0 radical (unpaired) electrons. The van der Waals surface area contributed by atoms with Crippen LogP contribution in [-0.2, 0) is 70.6 Å². The molecule has 0 N–H and O–H groups in total. The summed E-state index contributed by atoms with van der Waals surface area (Å²) in [5.41, 5.74) is 83.3. The monoisotopic (exact) mass is 2400 g/mol. The molecular formula is C128H101I6-. The summed E-state index contributed by atoms with van der Waals surface area (Å²) in [5.74, 6) is 0. The van der Waals surface area contributed by atoms with Gasteiger partial charge in [-0.2, -0.15) is 0 Å². The van der Waals surface area contributed by atoms with E-state index < -0.39 is 0 Å². The molecule has 6 heteroatoms. The predicted molar refractivity (Wildman–Crippen MR) is 608 cm³/mol. The smallest absolute Gasteiger partial charge is 0.000718 e. The topological polar surface area (TPSA) is 0 Å². The van der Waals surface area contributed by atoms with E-state index in [1.165, 1.54) is 295 Å². The van der Waals surface area contributed by atoms with Gasteiger partial charge in [-0.3, -0.25) is 0 Å². The minimum Gasteiger partial charge on any atom is -0.0619 e. The molecule has 0 amide bonds. The maximum atomic E-state index is 2.57. The average molecular weight is 2400 g/mol. The van der Waals surface area contributed by atoms with Crippen molar-refractivity contribution in [3.63, 3.8) is 0 Å². The van der Waals surface area contributed by atoms with Gasteiger partial charge < -0.3 is 0 Å². The molecule has 0 saturated heterocycles. The van der Waals surface area contributed by atoms with Crippen molar-refractivity contribution in [2.75, 3.05) is 0 Å². The van der Waals surface area contributed by atoms with Crippen LogP contribution in [0.5, 0.6) is 0 Å². The van der Waals surface area contributed by atoms with Gasteiger partial charge in [0.1, 0.15) is 0 Å². The van der Waals surface area contributed by atoms with Gasteiger partial charge in [0.15, 0.2) is 0 Å². The fourth-order valence-electron chi connectivity index (χ4n) is 25.0. The molecule has 11 aliphatic carbocycles. The first-order valence-electron chi connectivity index (χ1n) is 47.1. The fourth-order valence-corrected chi connectivity index (χ4v) is 25.0. The van der Waals surface area contributed by atoms with E-state index in [-0.39, 0.29) is 24.0 Å². The van der Waals surface area contributed by atoms with Gasteiger partial charge in [0, 0.05) is 37.2 Å². The standard InChI is InChI=1S/C36H26.C34H22.C34H26.C14H12.C10H14.I3.I2.HI/c1-19-11-25-13-23-17-30-24(18-29(23)35(25)31-15-21-7-3-5-9-27(21)33(19)31)14-26-12-20(2)34-28-10-6-4-8-22(28)16-32(34)36(26)30;1-3-7-25-19(5-1)15-31-27(25)11-9-21-13-23-18-30-24(17-29(23)33(21)31)14-22-10-12-28-26-8-4-2-6-20(26)16-32(28)34(22)30;1-21-17-32(30-16-8-14-28-26-12-6-4-10-24(26)20-34(28)30)22(2)18-31(21)29-15-7-13-27-25-11-5-3-9-23(25)19-33(27)29;1-10-5-4-8-13-12-7-3-2-6-11(12)9-14(10)13;1-7-5-9(3)10(4)6-8(7)2;1-3-2;1-2;/h3-12,17-18H,13-16H2,1-2H3;1-12,17-18H,13-16H2;3-18H,19-20H2,1-2H3;2-8H,9H2,1H3;5-6H,1-4H3;;;1H/q;;;;;-1;;. The Bertz CT molecular complexity index is 7540. The Hall–Kier alpha value is -9.66. The van der Waals surface area contributed by atoms with Crippen LogP contribution in [0.3, 0.4) is 0 Å². The Labute approximate surface area is 860 Å². The first-order valence-corrected chi connectivity index (χ1v) is 65.9. The second kappa shape index (κ2) is 36.7. The second-order valence-electron chi connectivity index (χ2n) is 38.6. The summed E-state index contributed by atoms with van der Waals surface area (Å²) in [5, 5.41) is 0. The second-order valence-corrected chi connectivity index (χ2v) is 54.9. The molecule has 656 valence electrons. The summed E-state index contributed by atoms with van der Waals surface area (Å²) in [6.45, 7) is 20.0. The van der Waals surface area contributed by atoms with E-state index in [0.29, 0.717) is 13.3 Å². The van der Waals surface area contributed by atoms with Crippen molar-refractivity contribution >= 4 is 98.4 Å². The molecule has 0 unspecified atom stereocenters. The zero-order chi connectivity index (χ0) is 90.5. The first kappa shape index (κ1) is 89.5. The Morgan fingerprint density at radius 1 is 0.149 bits per heavy atom. The van der Waals surface area contributed by atoms with E-state index in [9.17, 15) is 0 Å². The normalized spacial score (nSPS) is 13.1. The number of benzene rings is 18. The average Bonchev–Trinajstić information content (AvgIpc) is 1.56. The zero-order valence-electron chi connectivity index (χ0n) is 77.0. The van der Waals surface area contributed by atoms with Crippen molar-refractivity contribution in [3.05, 3.63) is 482 Å². The minimum absolute atomic E-state index is 0. The number of fused-ring (bicyclic) bond motifs is 37. The molecule has 18 aromatic carbocycles. The third-order valence-electron chi connectivity index (χ3n) is 31.2. The summed E-state index contributed by atoms with van der Waals surface area (Å²) in [7, 11) is 0. The van der Waals surface area contributed by atoms with Gasteiger partial charge in [-0.15, -0.1) is 24.0 Å². The summed E-state index contributed by atoms with van der Waals surface area (Å²) in [4.78, 5) is 0. The van der Waals surface area contributed by atoms with Gasteiger partial charge in [0.2, 0.25) is 0 Å². The molecule has 18 aromatic rings. The minimum atomic E-state index is 0. The van der Waals surface area contributed by atoms with Gasteiger partial charge in [-0.1, -0.05) is 285 Å². The number of hydrogen-bond donors (Lipinski definition) is 0. The first-order chi connectivity index (χ1) is 65.1. The van der Waals surface area contributed by atoms with E-state index in [2.05, 4.69) is 446 Å². The van der Waals surface area contributed by atoms with Crippen LogP contribution >= 0.6 is 98.4 Å². The van der Waals surface area contributed by atoms with E-state index in [0.717, 1.165) is 70.6 Å². The molecule has 0 heterocycles. The molecule has 0 nitrogen and oxygen atoms in total. The van der Waals surface area contributed by atoms with Crippen molar-refractivity contribution in [2.45, 2.75) is 133 Å². The van der Waals surface area contributed by atoms with Crippen LogP contribution in [0.1, 0.15) is 172 Å². The summed E-state index contributed by atoms with van der Waals surface area (Å²) < 4.78 is 0. The van der Waals surface area contributed by atoms with Crippen LogP contribution in [0.25, 0.3) is 145 Å². The summed E-state index contributed by atoms with van der Waals surface area (Å²) in [6.07, 6.45) is 11.7. The Morgan fingerprint density at radius 2 is 0.388 bits per heavy atom. The van der Waals surface area contributed by atoms with Gasteiger partial charge >= 0.3 is 50.5 Å². The molecule has 134 heavy (non-hydrogen) atoms. The molecule has 29 rings (SSSR count). The quantitative estimate of drug-likeness (QED) is 0.151. The number of rotatable bonds is 2. The van der Waals surface area contributed by atoms with Gasteiger partial charge in [-0.05, 0) is 474 Å². The maximum absolute atomic E-state index is 2.57. The molecular weight excluding hydrogens is 2300 g/mol. The Morgan fingerprint density at radius 3 is 0.724 bits per heavy atom. The maximum Gasteiger partial charge on any atom is -0.000718 e. The Balaban J connectivity index is 0.000000101. The summed E-state index contributed by atoms with van der Waals surface area (Å²) in [6, 6.07) is 117. The molecule has 0 aromatic heterocycles. The van der Waals surface area contributed by atoms with Crippen molar-refractivity contribution in [3.8, 4) is 145 Å². The molecule has 0 atom stereocenters. The molecule has 0 bridgehead atoms. The molecule has 0 fully saturated rings. The number of halogens is 6. The van der Waals surface area contributed by atoms with E-state index in [4.69, 9.17) is 0 Å². The van der Waals surface area contributed by atoms with Crippen molar-refractivity contribution in [2.24, 2.45) is 0 Å². The van der Waals surface area contributed by atoms with Gasteiger partial charge in [0.25, 0.3) is 0 Å². The predicted octanol–water partition coefficient (Wildman–Crippen LogP) is 33.0. The van der Waals surface area contributed by atoms with Crippen LogP contribution in [0, 0.1) is 62.3 Å². The third-order valence-corrected chi connectivity index (χ3v) is 31.2. The van der Waals surface area contributed by atoms with Crippen molar-refractivity contribution in [1.82, 2.24) is 0 Å². The van der Waals surface area contributed by atoms with Crippen molar-refractivity contribution in [1.29, 1.82) is 0 Å². The fraction of sp³-hybridized carbons (Fsp3) is 0.156. The molecule has 11 aliphatic rings. The molecule has 0 saturated carbocycles. The van der Waals surface area contributed by atoms with Crippen LogP contribution < -0.4 is 13.3 Å². The van der Waals surface area contributed by atoms with Crippen LogP contribution in [-0.4, -0.2) is 0 Å². The van der Waals surface area contributed by atoms with Crippen LogP contribution in [0.2, 0.25) is 0 Å². The molecule has 0 aliphatic heterocycles. The third kappa shape index (κ3) is 15.3. The van der Waals surface area contributed by atoms with Crippen LogP contribution in [0.15, 0.2) is 309 Å². The largest absolute Gasteiger partial charge is 0.0619 e. The SMILES string of the molecule is Cc1cc(-c2cccc3c2Cc2ccccc2-3)c(C)cc1-c1cccc2c1Cc1ccccc1-2.Cc1cc(C)c(C)cc1C.Cc1cc2c(c3c1-c1ccccc1C3)-c1cc3c(cc1C2)-c1c(cc(C)c2c1Cc1ccccc1-2)C3.Cc1cccc2c1Cc1ccccc1-2.I.II.I[I-]I.c1ccc2c(c1)Cc1c-2ccc2c1-c1cc3c(cc1C2)-c1c(ccc2c1Cc1ccccc1-2)C3. The van der Waals surface area contributed by atoms with Gasteiger partial charge in [0.05, 0.1) is 0 Å². The molecule has 0 spiro atoms.